The van der Waals surface area contributed by atoms with E-state index >= 15 is 0 Å². The summed E-state index contributed by atoms with van der Waals surface area (Å²) in [5.41, 5.74) is 2.81. The predicted octanol–water partition coefficient (Wildman–Crippen LogP) is 2.62. The second-order valence-electron chi connectivity index (χ2n) is 11.1. The largest absolute Gasteiger partial charge is 0.486 e. The standard InChI is InChI=1S/C31H35FN8O4.C2H2/c32-26-17-40(29(42)8-14-41)9-7-28(26)44-27-6-1-21(15-22(27)16-33)30-34-20-35-31(37-30)36-23-2-4-24(5-3-23)38-10-12-39(13-11-38)25-18-43-19-25;1-2/h1-6,15,20,25-26,28,41H,7-14,17-19H2,(H,34,35,36,37);1-2H/t26-,28+;/m1./s1. The number of hydrogen-bond donors (Lipinski definition) is 2. The van der Waals surface area contributed by atoms with Crippen LogP contribution in [-0.4, -0.2) is 113 Å². The van der Waals surface area contributed by atoms with Crippen molar-refractivity contribution in [3.8, 4) is 36.1 Å². The second kappa shape index (κ2) is 15.5. The Bertz CT molecular complexity index is 1540. The zero-order valence-corrected chi connectivity index (χ0v) is 25.5. The molecule has 0 bridgehead atoms. The number of alkyl halides is 1. The lowest BCUT2D eigenvalue weighted by atomic mass is 10.0. The summed E-state index contributed by atoms with van der Waals surface area (Å²) in [5.74, 6) is 0.699. The highest BCUT2D eigenvalue weighted by Crippen LogP contribution is 2.29. The van der Waals surface area contributed by atoms with E-state index in [4.69, 9.17) is 14.6 Å². The smallest absolute Gasteiger partial charge is 0.230 e. The van der Waals surface area contributed by atoms with Gasteiger partial charge in [-0.2, -0.15) is 10.2 Å². The molecule has 1 aromatic heterocycles. The van der Waals surface area contributed by atoms with Crippen molar-refractivity contribution >= 4 is 23.2 Å². The number of aliphatic hydroxyl groups excluding tert-OH is 1. The number of hydrogen-bond acceptors (Lipinski definition) is 11. The van der Waals surface area contributed by atoms with E-state index in [0.29, 0.717) is 29.9 Å². The number of aliphatic hydroxyl groups is 1. The number of rotatable bonds is 9. The molecule has 1 amide bonds. The number of halogens is 1. The number of nitrogens with zero attached hydrogens (tertiary/aromatic N) is 7. The summed E-state index contributed by atoms with van der Waals surface area (Å²) in [5, 5.41) is 22.0. The van der Waals surface area contributed by atoms with Crippen LogP contribution in [-0.2, 0) is 9.53 Å². The number of piperazine rings is 1. The molecule has 2 N–H and O–H groups in total. The van der Waals surface area contributed by atoms with Crippen molar-refractivity contribution in [1.29, 1.82) is 5.26 Å². The molecule has 4 heterocycles. The molecule has 3 aliphatic heterocycles. The van der Waals surface area contributed by atoms with Crippen molar-refractivity contribution in [1.82, 2.24) is 24.8 Å². The van der Waals surface area contributed by atoms with Crippen molar-refractivity contribution in [3.63, 3.8) is 0 Å². The van der Waals surface area contributed by atoms with Crippen LogP contribution in [0.4, 0.5) is 21.7 Å². The average Bonchev–Trinajstić information content (AvgIpc) is 3.07. The monoisotopic (exact) mass is 628 g/mol. The molecule has 0 aliphatic carbocycles. The lowest BCUT2D eigenvalue weighted by molar-refractivity contribution is -0.135. The minimum atomic E-state index is -1.42. The maximum atomic E-state index is 14.9. The first-order chi connectivity index (χ1) is 22.5. The highest BCUT2D eigenvalue weighted by atomic mass is 19.1. The fourth-order valence-corrected chi connectivity index (χ4v) is 5.68. The summed E-state index contributed by atoms with van der Waals surface area (Å²) in [6, 6.07) is 15.8. The Labute approximate surface area is 267 Å². The Morgan fingerprint density at radius 1 is 1.11 bits per heavy atom. The van der Waals surface area contributed by atoms with Crippen molar-refractivity contribution in [2.75, 3.05) is 69.3 Å². The molecule has 0 saturated carbocycles. The van der Waals surface area contributed by atoms with Crippen LogP contribution in [0.15, 0.2) is 48.8 Å². The summed E-state index contributed by atoms with van der Waals surface area (Å²) >= 11 is 0. The molecule has 3 aliphatic rings. The summed E-state index contributed by atoms with van der Waals surface area (Å²) in [4.78, 5) is 31.4. The molecular weight excluding hydrogens is 591 g/mol. The third kappa shape index (κ3) is 7.69. The number of aromatic nitrogens is 3. The van der Waals surface area contributed by atoms with Gasteiger partial charge in [-0.05, 0) is 42.5 Å². The van der Waals surface area contributed by atoms with Gasteiger partial charge >= 0.3 is 0 Å². The Kier molecular flexibility index (Phi) is 10.9. The van der Waals surface area contributed by atoms with E-state index in [1.165, 1.54) is 16.9 Å². The summed E-state index contributed by atoms with van der Waals surface area (Å²) in [6.07, 6.45) is 7.44. The van der Waals surface area contributed by atoms with Crippen LogP contribution in [0.25, 0.3) is 11.4 Å². The molecule has 3 aromatic rings. The van der Waals surface area contributed by atoms with Crippen LogP contribution in [0.5, 0.6) is 5.75 Å². The summed E-state index contributed by atoms with van der Waals surface area (Å²) < 4.78 is 26.1. The number of terminal acetylenes is 1. The molecule has 6 rings (SSSR count). The lowest BCUT2D eigenvalue weighted by Crippen LogP contribution is -2.56. The third-order valence-electron chi connectivity index (χ3n) is 8.31. The fraction of sp³-hybridized carbons (Fsp3) is 0.424. The van der Waals surface area contributed by atoms with E-state index in [1.54, 1.807) is 18.2 Å². The first-order valence-corrected chi connectivity index (χ1v) is 15.2. The average molecular weight is 629 g/mol. The Balaban J connectivity index is 0.00000204. The maximum Gasteiger partial charge on any atom is 0.230 e. The highest BCUT2D eigenvalue weighted by molar-refractivity contribution is 5.76. The third-order valence-corrected chi connectivity index (χ3v) is 8.31. The first-order valence-electron chi connectivity index (χ1n) is 15.2. The first kappa shape index (κ1) is 32.6. The van der Waals surface area contributed by atoms with Gasteiger partial charge in [-0.1, -0.05) is 0 Å². The molecule has 13 heteroatoms. The SMILES string of the molecule is C#C.N#Cc1cc(-c2ncnc(Nc3ccc(N4CCN(C5COC5)CC4)cc3)n2)ccc1O[C@H]1CCN(C(=O)CCO)C[C@H]1F. The van der Waals surface area contributed by atoms with Crippen LogP contribution < -0.4 is 15.0 Å². The van der Waals surface area contributed by atoms with E-state index in [1.807, 2.05) is 12.1 Å². The quantitative estimate of drug-likeness (QED) is 0.338. The molecule has 240 valence electrons. The lowest BCUT2D eigenvalue weighted by Gasteiger charge is -2.43. The molecule has 0 unspecified atom stereocenters. The number of carbonyl (C=O) groups is 1. The minimum absolute atomic E-state index is 0.0338. The highest BCUT2D eigenvalue weighted by Gasteiger charge is 2.33. The predicted molar refractivity (Wildman–Crippen MR) is 170 cm³/mol. The number of nitrogens with one attached hydrogen (secondary N) is 1. The molecule has 12 nitrogen and oxygen atoms in total. The van der Waals surface area contributed by atoms with Crippen LogP contribution >= 0.6 is 0 Å². The van der Waals surface area contributed by atoms with Gasteiger partial charge in [-0.25, -0.2) is 14.4 Å². The van der Waals surface area contributed by atoms with E-state index in [2.05, 4.69) is 61.1 Å². The molecular formula is C33H37FN8O4. The fourth-order valence-electron chi connectivity index (χ4n) is 5.68. The van der Waals surface area contributed by atoms with E-state index in [0.717, 1.165) is 45.1 Å². The number of carbonyl (C=O) groups excluding carboxylic acids is 1. The zero-order valence-electron chi connectivity index (χ0n) is 25.5. The molecule has 3 fully saturated rings. The van der Waals surface area contributed by atoms with Gasteiger partial charge in [0.25, 0.3) is 0 Å². The number of amides is 1. The van der Waals surface area contributed by atoms with Crippen LogP contribution in [0, 0.1) is 24.2 Å². The summed E-state index contributed by atoms with van der Waals surface area (Å²) in [6.45, 7) is 5.66. The summed E-state index contributed by atoms with van der Waals surface area (Å²) in [7, 11) is 0. The Hall–Kier alpha value is -4.82. The van der Waals surface area contributed by atoms with Gasteiger partial charge in [0.2, 0.25) is 11.9 Å². The van der Waals surface area contributed by atoms with Gasteiger partial charge in [0.05, 0.1) is 38.0 Å². The number of anilines is 3. The topological polar surface area (TPSA) is 140 Å². The number of likely N-dealkylation sites (tertiary alicyclic amines) is 1. The van der Waals surface area contributed by atoms with Gasteiger partial charge in [0, 0.05) is 62.5 Å². The maximum absolute atomic E-state index is 14.9. The van der Waals surface area contributed by atoms with E-state index < -0.39 is 12.3 Å². The van der Waals surface area contributed by atoms with Crippen LogP contribution in [0.3, 0.4) is 0 Å². The molecule has 2 aromatic carbocycles. The normalized spacial score (nSPS) is 20.1. The molecule has 2 atom stereocenters. The molecule has 0 radical (unpaired) electrons. The van der Waals surface area contributed by atoms with Crippen molar-refractivity contribution in [2.24, 2.45) is 0 Å². The van der Waals surface area contributed by atoms with Crippen molar-refractivity contribution in [2.45, 2.75) is 31.2 Å². The number of ether oxygens (including phenoxy) is 2. The minimum Gasteiger partial charge on any atom is -0.486 e. The Morgan fingerprint density at radius 2 is 1.87 bits per heavy atom. The molecule has 46 heavy (non-hydrogen) atoms. The van der Waals surface area contributed by atoms with Gasteiger partial charge in [0.1, 0.15) is 24.3 Å². The molecule has 3 saturated heterocycles. The number of benzene rings is 2. The second-order valence-corrected chi connectivity index (χ2v) is 11.1. The number of nitriles is 1. The van der Waals surface area contributed by atoms with Gasteiger partial charge in [-0.15, -0.1) is 12.8 Å². The van der Waals surface area contributed by atoms with E-state index in [-0.39, 0.29) is 43.2 Å². The van der Waals surface area contributed by atoms with Crippen LogP contribution in [0.2, 0.25) is 0 Å². The van der Waals surface area contributed by atoms with E-state index in [9.17, 15) is 14.4 Å². The Morgan fingerprint density at radius 3 is 2.52 bits per heavy atom. The van der Waals surface area contributed by atoms with Gasteiger partial charge < -0.3 is 29.7 Å². The van der Waals surface area contributed by atoms with Gasteiger partial charge in [-0.3, -0.25) is 9.69 Å². The van der Waals surface area contributed by atoms with Gasteiger partial charge in [0.15, 0.2) is 12.0 Å². The van der Waals surface area contributed by atoms with Crippen molar-refractivity contribution < 1.29 is 23.8 Å². The van der Waals surface area contributed by atoms with Crippen LogP contribution in [0.1, 0.15) is 18.4 Å². The van der Waals surface area contributed by atoms with Crippen molar-refractivity contribution in [3.05, 3.63) is 54.4 Å². The molecule has 0 spiro atoms. The number of piperidine rings is 1. The zero-order chi connectivity index (χ0) is 32.5.